The summed E-state index contributed by atoms with van der Waals surface area (Å²) in [6.45, 7) is 4.51. The molecule has 2 aromatic heterocycles. The lowest BCUT2D eigenvalue weighted by Gasteiger charge is -2.11. The number of aromatic nitrogens is 4. The average molecular weight is 380 g/mol. The summed E-state index contributed by atoms with van der Waals surface area (Å²) in [5.74, 6) is 0.547. The van der Waals surface area contributed by atoms with E-state index in [0.717, 1.165) is 39.3 Å². The molecule has 0 amide bonds. The minimum atomic E-state index is 0.536. The molecule has 0 bridgehead atoms. The first-order valence-electron chi connectivity index (χ1n) is 9.32. The van der Waals surface area contributed by atoms with E-state index < -0.39 is 0 Å². The predicted molar refractivity (Wildman–Crippen MR) is 113 cm³/mol. The monoisotopic (exact) mass is 380 g/mol. The van der Waals surface area contributed by atoms with Gasteiger partial charge in [0.15, 0.2) is 0 Å². The van der Waals surface area contributed by atoms with E-state index in [0.29, 0.717) is 18.1 Å². The molecule has 6 nitrogen and oxygen atoms in total. The number of nitriles is 1. The molecule has 0 aliphatic rings. The van der Waals surface area contributed by atoms with Crippen molar-refractivity contribution in [2.45, 2.75) is 20.4 Å². The van der Waals surface area contributed by atoms with E-state index in [9.17, 15) is 0 Å². The van der Waals surface area contributed by atoms with Crippen LogP contribution in [0.1, 0.15) is 22.4 Å². The third kappa shape index (κ3) is 3.99. The normalized spacial score (nSPS) is 10.5. The quantitative estimate of drug-likeness (QED) is 0.527. The first-order valence-corrected chi connectivity index (χ1v) is 9.32. The second-order valence-electron chi connectivity index (χ2n) is 6.86. The number of aryl methyl sites for hydroxylation is 2. The van der Waals surface area contributed by atoms with Crippen molar-refractivity contribution in [2.24, 2.45) is 0 Å². The Morgan fingerprint density at radius 2 is 1.86 bits per heavy atom. The summed E-state index contributed by atoms with van der Waals surface area (Å²) < 4.78 is 0. The highest BCUT2D eigenvalue weighted by atomic mass is 15.2. The van der Waals surface area contributed by atoms with Gasteiger partial charge in [-0.1, -0.05) is 36.4 Å². The van der Waals surface area contributed by atoms with Gasteiger partial charge in [-0.05, 0) is 43.2 Å². The molecular weight excluding hydrogens is 360 g/mol. The molecule has 0 saturated heterocycles. The summed E-state index contributed by atoms with van der Waals surface area (Å²) in [4.78, 5) is 9.10. The largest absolute Gasteiger partial charge is 0.349 e. The van der Waals surface area contributed by atoms with Crippen LogP contribution < -0.4 is 5.32 Å². The molecule has 0 spiro atoms. The van der Waals surface area contributed by atoms with Crippen molar-refractivity contribution in [2.75, 3.05) is 5.32 Å². The van der Waals surface area contributed by atoms with Gasteiger partial charge in [-0.25, -0.2) is 9.97 Å². The minimum absolute atomic E-state index is 0.536. The first-order chi connectivity index (χ1) is 14.1. The van der Waals surface area contributed by atoms with Gasteiger partial charge in [0, 0.05) is 17.3 Å². The van der Waals surface area contributed by atoms with Crippen LogP contribution >= 0.6 is 0 Å². The standard InChI is InChI=1S/C23H20N6/c1-15-10-17(12-24)8-9-20(15)22-16(2)13-25-23(27-22)26-14-19-11-21(29-28-19)18-6-4-3-5-7-18/h3-11,13H,14H2,1-2H3,(H,28,29)(H,25,26,27). The van der Waals surface area contributed by atoms with Crippen molar-refractivity contribution in [1.82, 2.24) is 20.2 Å². The van der Waals surface area contributed by atoms with Gasteiger partial charge in [0.2, 0.25) is 5.95 Å². The second kappa shape index (κ2) is 7.95. The molecule has 6 heteroatoms. The molecule has 4 rings (SSSR count). The van der Waals surface area contributed by atoms with Crippen LogP contribution in [-0.2, 0) is 6.54 Å². The number of aromatic amines is 1. The van der Waals surface area contributed by atoms with E-state index >= 15 is 0 Å². The average Bonchev–Trinajstić information content (AvgIpc) is 3.23. The highest BCUT2D eigenvalue weighted by molar-refractivity contribution is 5.68. The maximum absolute atomic E-state index is 9.08. The number of nitrogens with zero attached hydrogens (tertiary/aromatic N) is 4. The number of hydrogen-bond donors (Lipinski definition) is 2. The van der Waals surface area contributed by atoms with E-state index in [1.807, 2.05) is 74.6 Å². The molecule has 0 atom stereocenters. The molecule has 142 valence electrons. The topological polar surface area (TPSA) is 90.3 Å². The van der Waals surface area contributed by atoms with Crippen LogP contribution in [0.4, 0.5) is 5.95 Å². The Labute approximate surface area is 169 Å². The van der Waals surface area contributed by atoms with Gasteiger partial charge in [-0.2, -0.15) is 10.4 Å². The molecule has 4 aromatic rings. The van der Waals surface area contributed by atoms with Crippen LogP contribution in [0.3, 0.4) is 0 Å². The number of rotatable bonds is 5. The predicted octanol–water partition coefficient (Wildman–Crippen LogP) is 4.63. The van der Waals surface area contributed by atoms with Crippen molar-refractivity contribution in [3.8, 4) is 28.6 Å². The number of hydrogen-bond acceptors (Lipinski definition) is 5. The Bertz CT molecular complexity index is 1190. The van der Waals surface area contributed by atoms with Gasteiger partial charge >= 0.3 is 0 Å². The fourth-order valence-electron chi connectivity index (χ4n) is 3.18. The summed E-state index contributed by atoms with van der Waals surface area (Å²) in [6.07, 6.45) is 1.81. The van der Waals surface area contributed by atoms with Crippen molar-refractivity contribution in [1.29, 1.82) is 5.26 Å². The van der Waals surface area contributed by atoms with Crippen molar-refractivity contribution in [3.05, 3.63) is 83.2 Å². The van der Waals surface area contributed by atoms with Gasteiger partial charge in [-0.3, -0.25) is 5.10 Å². The smallest absolute Gasteiger partial charge is 0.223 e. The Morgan fingerprint density at radius 3 is 2.62 bits per heavy atom. The highest BCUT2D eigenvalue weighted by Gasteiger charge is 2.10. The molecule has 0 radical (unpaired) electrons. The number of nitrogens with one attached hydrogen (secondary N) is 2. The Balaban J connectivity index is 1.53. The lowest BCUT2D eigenvalue weighted by atomic mass is 10.0. The third-order valence-electron chi connectivity index (χ3n) is 4.72. The molecule has 0 unspecified atom stereocenters. The second-order valence-corrected chi connectivity index (χ2v) is 6.86. The van der Waals surface area contributed by atoms with E-state index in [4.69, 9.17) is 10.2 Å². The zero-order chi connectivity index (χ0) is 20.2. The SMILES string of the molecule is Cc1cc(C#N)ccc1-c1nc(NCc2cc(-c3ccccc3)n[nH]2)ncc1C. The maximum atomic E-state index is 9.08. The zero-order valence-corrected chi connectivity index (χ0v) is 16.3. The summed E-state index contributed by atoms with van der Waals surface area (Å²) in [7, 11) is 0. The summed E-state index contributed by atoms with van der Waals surface area (Å²) >= 11 is 0. The van der Waals surface area contributed by atoms with Crippen LogP contribution in [-0.4, -0.2) is 20.2 Å². The lowest BCUT2D eigenvalue weighted by molar-refractivity contribution is 0.961. The van der Waals surface area contributed by atoms with Crippen molar-refractivity contribution >= 4 is 5.95 Å². The Morgan fingerprint density at radius 1 is 1.03 bits per heavy atom. The van der Waals surface area contributed by atoms with Gasteiger partial charge in [0.05, 0.1) is 35.3 Å². The fourth-order valence-corrected chi connectivity index (χ4v) is 3.18. The number of benzene rings is 2. The summed E-state index contributed by atoms with van der Waals surface area (Å²) in [5, 5.41) is 19.8. The fraction of sp³-hybridized carbons (Fsp3) is 0.130. The van der Waals surface area contributed by atoms with Gasteiger partial charge in [-0.15, -0.1) is 0 Å². The molecule has 2 N–H and O–H groups in total. The van der Waals surface area contributed by atoms with E-state index in [-0.39, 0.29) is 0 Å². The van der Waals surface area contributed by atoms with Gasteiger partial charge < -0.3 is 5.32 Å². The molecule has 0 aliphatic heterocycles. The molecule has 0 saturated carbocycles. The van der Waals surface area contributed by atoms with Crippen LogP contribution in [0.2, 0.25) is 0 Å². The van der Waals surface area contributed by atoms with Crippen LogP contribution in [0, 0.1) is 25.2 Å². The van der Waals surface area contributed by atoms with Crippen LogP contribution in [0.15, 0.2) is 60.8 Å². The minimum Gasteiger partial charge on any atom is -0.349 e. The maximum Gasteiger partial charge on any atom is 0.223 e. The first kappa shape index (κ1) is 18.4. The zero-order valence-electron chi connectivity index (χ0n) is 16.3. The summed E-state index contributed by atoms with van der Waals surface area (Å²) in [6, 6.07) is 19.8. The van der Waals surface area contributed by atoms with Gasteiger partial charge in [0.25, 0.3) is 0 Å². The van der Waals surface area contributed by atoms with Crippen LogP contribution in [0.25, 0.3) is 22.5 Å². The molecule has 0 aliphatic carbocycles. The molecule has 29 heavy (non-hydrogen) atoms. The number of anilines is 1. The molecular formula is C23H20N6. The van der Waals surface area contributed by atoms with Crippen molar-refractivity contribution in [3.63, 3.8) is 0 Å². The molecule has 2 aromatic carbocycles. The van der Waals surface area contributed by atoms with E-state index in [1.165, 1.54) is 0 Å². The van der Waals surface area contributed by atoms with Crippen LogP contribution in [0.5, 0.6) is 0 Å². The molecule has 0 fully saturated rings. The molecule has 2 heterocycles. The Kier molecular flexibility index (Phi) is 5.04. The van der Waals surface area contributed by atoms with Gasteiger partial charge in [0.1, 0.15) is 0 Å². The third-order valence-corrected chi connectivity index (χ3v) is 4.72. The Hall–Kier alpha value is -3.98. The summed E-state index contributed by atoms with van der Waals surface area (Å²) in [5.41, 5.74) is 7.42. The number of H-pyrrole nitrogens is 1. The highest BCUT2D eigenvalue weighted by Crippen LogP contribution is 2.26. The lowest BCUT2D eigenvalue weighted by Crippen LogP contribution is -2.05. The van der Waals surface area contributed by atoms with E-state index in [1.54, 1.807) is 0 Å². The van der Waals surface area contributed by atoms with E-state index in [2.05, 4.69) is 26.6 Å². The van der Waals surface area contributed by atoms with Crippen molar-refractivity contribution < 1.29 is 0 Å².